The van der Waals surface area contributed by atoms with Crippen LogP contribution in [0.4, 0.5) is 5.69 Å². The maximum atomic E-state index is 12.0. The van der Waals surface area contributed by atoms with Gasteiger partial charge < -0.3 is 20.9 Å². The molecule has 1 saturated heterocycles. The summed E-state index contributed by atoms with van der Waals surface area (Å²) in [5.41, 5.74) is 2.11. The van der Waals surface area contributed by atoms with Crippen molar-refractivity contribution in [1.82, 2.24) is 15.5 Å². The van der Waals surface area contributed by atoms with Crippen molar-refractivity contribution in [3.63, 3.8) is 0 Å². The van der Waals surface area contributed by atoms with Gasteiger partial charge in [-0.3, -0.25) is 9.79 Å². The summed E-state index contributed by atoms with van der Waals surface area (Å²) in [7, 11) is 0. The minimum Gasteiger partial charge on any atom is -0.357 e. The molecular formula is C21H33N5O. The molecule has 148 valence electrons. The van der Waals surface area contributed by atoms with Gasteiger partial charge in [0.2, 0.25) is 5.91 Å². The van der Waals surface area contributed by atoms with Gasteiger partial charge in [-0.15, -0.1) is 0 Å². The highest BCUT2D eigenvalue weighted by molar-refractivity contribution is 5.94. The van der Waals surface area contributed by atoms with Gasteiger partial charge in [0.05, 0.1) is 6.54 Å². The molecule has 6 nitrogen and oxygen atoms in total. The predicted octanol–water partition coefficient (Wildman–Crippen LogP) is 2.54. The Bertz CT molecular complexity index is 639. The third-order valence-electron chi connectivity index (χ3n) is 5.31. The molecule has 0 bridgehead atoms. The van der Waals surface area contributed by atoms with E-state index in [0.29, 0.717) is 13.0 Å². The zero-order valence-electron chi connectivity index (χ0n) is 16.5. The Morgan fingerprint density at radius 1 is 1.22 bits per heavy atom. The average Bonchev–Trinajstić information content (AvgIpc) is 3.19. The Morgan fingerprint density at radius 3 is 2.85 bits per heavy atom. The van der Waals surface area contributed by atoms with Crippen LogP contribution < -0.4 is 16.0 Å². The number of guanidine groups is 1. The number of likely N-dealkylation sites (tertiary alicyclic amines) is 1. The molecule has 1 fully saturated rings. The SMILES string of the molecule is CCNC(=NCC1CC(=O)Nc2ccccc21)NCCCCN1CCCC1. The monoisotopic (exact) mass is 371 g/mol. The smallest absolute Gasteiger partial charge is 0.225 e. The molecule has 1 aromatic rings. The predicted molar refractivity (Wildman–Crippen MR) is 111 cm³/mol. The van der Waals surface area contributed by atoms with Crippen molar-refractivity contribution in [3.05, 3.63) is 29.8 Å². The lowest BCUT2D eigenvalue weighted by molar-refractivity contribution is -0.116. The molecule has 2 aliphatic rings. The van der Waals surface area contributed by atoms with E-state index >= 15 is 0 Å². The molecule has 1 aromatic carbocycles. The number of nitrogens with zero attached hydrogens (tertiary/aromatic N) is 2. The van der Waals surface area contributed by atoms with Gasteiger partial charge >= 0.3 is 0 Å². The van der Waals surface area contributed by atoms with E-state index in [1.807, 2.05) is 18.2 Å². The first kappa shape index (κ1) is 19.7. The summed E-state index contributed by atoms with van der Waals surface area (Å²) in [6.07, 6.45) is 5.59. The van der Waals surface area contributed by atoms with E-state index in [4.69, 9.17) is 4.99 Å². The van der Waals surface area contributed by atoms with Crippen molar-refractivity contribution in [3.8, 4) is 0 Å². The minimum atomic E-state index is 0.0776. The lowest BCUT2D eigenvalue weighted by atomic mass is 9.91. The molecule has 3 N–H and O–H groups in total. The Kier molecular flexibility index (Phi) is 7.51. The molecule has 0 saturated carbocycles. The van der Waals surface area contributed by atoms with Crippen LogP contribution in [0.2, 0.25) is 0 Å². The van der Waals surface area contributed by atoms with E-state index in [0.717, 1.165) is 31.2 Å². The third kappa shape index (κ3) is 5.96. The molecule has 1 unspecified atom stereocenters. The number of anilines is 1. The van der Waals surface area contributed by atoms with Crippen LogP contribution in [0.5, 0.6) is 0 Å². The second-order valence-electron chi connectivity index (χ2n) is 7.44. The van der Waals surface area contributed by atoms with E-state index in [1.165, 1.54) is 44.5 Å². The quantitative estimate of drug-likeness (QED) is 0.373. The number of unbranched alkanes of at least 4 members (excludes halogenated alkanes) is 1. The van der Waals surface area contributed by atoms with Crippen molar-refractivity contribution in [2.24, 2.45) is 4.99 Å². The van der Waals surface area contributed by atoms with E-state index in [-0.39, 0.29) is 11.8 Å². The second kappa shape index (κ2) is 10.3. The van der Waals surface area contributed by atoms with Crippen molar-refractivity contribution >= 4 is 17.6 Å². The first-order valence-electron chi connectivity index (χ1n) is 10.4. The molecule has 0 aromatic heterocycles. The zero-order valence-corrected chi connectivity index (χ0v) is 16.5. The molecule has 1 amide bonds. The summed E-state index contributed by atoms with van der Waals surface area (Å²) in [5, 5.41) is 9.71. The first-order chi connectivity index (χ1) is 13.3. The molecule has 3 rings (SSSR count). The van der Waals surface area contributed by atoms with E-state index < -0.39 is 0 Å². The number of carbonyl (C=O) groups is 1. The fourth-order valence-corrected chi connectivity index (χ4v) is 3.88. The van der Waals surface area contributed by atoms with E-state index in [2.05, 4.69) is 33.8 Å². The van der Waals surface area contributed by atoms with Crippen LogP contribution in [0.3, 0.4) is 0 Å². The van der Waals surface area contributed by atoms with Crippen molar-refractivity contribution in [1.29, 1.82) is 0 Å². The molecule has 2 aliphatic heterocycles. The Hall–Kier alpha value is -2.08. The molecule has 1 atom stereocenters. The van der Waals surface area contributed by atoms with E-state index in [9.17, 15) is 4.79 Å². The topological polar surface area (TPSA) is 68.8 Å². The Morgan fingerprint density at radius 2 is 2.04 bits per heavy atom. The fraction of sp³-hybridized carbons (Fsp3) is 0.619. The summed E-state index contributed by atoms with van der Waals surface area (Å²) >= 11 is 0. The van der Waals surface area contributed by atoms with Crippen LogP contribution in [0.1, 0.15) is 50.5 Å². The molecule has 0 spiro atoms. The number of amides is 1. The number of rotatable bonds is 8. The van der Waals surface area contributed by atoms with Crippen LogP contribution in [0, 0.1) is 0 Å². The maximum Gasteiger partial charge on any atom is 0.225 e. The Labute approximate surface area is 162 Å². The number of hydrogen-bond acceptors (Lipinski definition) is 3. The van der Waals surface area contributed by atoms with Gasteiger partial charge in [0.15, 0.2) is 5.96 Å². The zero-order chi connectivity index (χ0) is 18.9. The molecule has 0 radical (unpaired) electrons. The molecule has 6 heteroatoms. The van der Waals surface area contributed by atoms with Crippen LogP contribution in [-0.4, -0.2) is 56.0 Å². The van der Waals surface area contributed by atoms with Gasteiger partial charge in [0, 0.05) is 31.1 Å². The summed E-state index contributed by atoms with van der Waals surface area (Å²) in [5.74, 6) is 1.07. The van der Waals surface area contributed by atoms with Crippen LogP contribution in [0.15, 0.2) is 29.3 Å². The maximum absolute atomic E-state index is 12.0. The standard InChI is InChI=1S/C21H33N5O/c1-2-22-21(23-11-5-6-12-26-13-7-8-14-26)24-16-17-15-20(27)25-19-10-4-3-9-18(17)19/h3-4,9-10,17H,2,5-8,11-16H2,1H3,(H,25,27)(H2,22,23,24). The van der Waals surface area contributed by atoms with Crippen LogP contribution >= 0.6 is 0 Å². The fourth-order valence-electron chi connectivity index (χ4n) is 3.88. The lowest BCUT2D eigenvalue weighted by Crippen LogP contribution is -2.38. The van der Waals surface area contributed by atoms with Gasteiger partial charge in [-0.1, -0.05) is 18.2 Å². The van der Waals surface area contributed by atoms with Gasteiger partial charge in [0.25, 0.3) is 0 Å². The van der Waals surface area contributed by atoms with Crippen molar-refractivity contribution in [2.45, 2.75) is 44.9 Å². The number of fused-ring (bicyclic) bond motifs is 1. The number of benzene rings is 1. The third-order valence-corrected chi connectivity index (χ3v) is 5.31. The summed E-state index contributed by atoms with van der Waals surface area (Å²) in [6.45, 7) is 8.22. The second-order valence-corrected chi connectivity index (χ2v) is 7.44. The largest absolute Gasteiger partial charge is 0.357 e. The Balaban J connectivity index is 1.47. The molecule has 2 heterocycles. The lowest BCUT2D eigenvalue weighted by Gasteiger charge is -2.24. The van der Waals surface area contributed by atoms with Crippen molar-refractivity contribution in [2.75, 3.05) is 44.6 Å². The number of carbonyl (C=O) groups excluding carboxylic acids is 1. The molecular weight excluding hydrogens is 338 g/mol. The highest BCUT2D eigenvalue weighted by Crippen LogP contribution is 2.31. The summed E-state index contributed by atoms with van der Waals surface area (Å²) < 4.78 is 0. The van der Waals surface area contributed by atoms with Crippen LogP contribution in [-0.2, 0) is 4.79 Å². The number of para-hydroxylation sites is 1. The van der Waals surface area contributed by atoms with Gasteiger partial charge in [-0.05, 0) is 63.9 Å². The van der Waals surface area contributed by atoms with Crippen molar-refractivity contribution < 1.29 is 4.79 Å². The molecule has 27 heavy (non-hydrogen) atoms. The summed E-state index contributed by atoms with van der Waals surface area (Å²) in [6, 6.07) is 8.04. The van der Waals surface area contributed by atoms with Gasteiger partial charge in [0.1, 0.15) is 0 Å². The number of aliphatic imine (C=N–C) groups is 1. The minimum absolute atomic E-state index is 0.0776. The van der Waals surface area contributed by atoms with Gasteiger partial charge in [-0.25, -0.2) is 0 Å². The summed E-state index contributed by atoms with van der Waals surface area (Å²) in [4.78, 5) is 19.3. The van der Waals surface area contributed by atoms with Gasteiger partial charge in [-0.2, -0.15) is 0 Å². The van der Waals surface area contributed by atoms with E-state index in [1.54, 1.807) is 0 Å². The highest BCUT2D eigenvalue weighted by atomic mass is 16.1. The number of nitrogens with one attached hydrogen (secondary N) is 3. The van der Waals surface area contributed by atoms with Crippen LogP contribution in [0.25, 0.3) is 0 Å². The highest BCUT2D eigenvalue weighted by Gasteiger charge is 2.24. The number of hydrogen-bond donors (Lipinski definition) is 3. The normalized spacial score (nSPS) is 20.3. The average molecular weight is 372 g/mol. The first-order valence-corrected chi connectivity index (χ1v) is 10.4. The molecule has 0 aliphatic carbocycles.